The van der Waals surface area contributed by atoms with Gasteiger partial charge in [-0.05, 0) is 63.6 Å². The Morgan fingerprint density at radius 2 is 2.00 bits per heavy atom. The summed E-state index contributed by atoms with van der Waals surface area (Å²) in [4.78, 5) is 26.4. The van der Waals surface area contributed by atoms with Crippen molar-refractivity contribution in [2.45, 2.75) is 57.8 Å². The van der Waals surface area contributed by atoms with Crippen LogP contribution < -0.4 is 10.5 Å². The van der Waals surface area contributed by atoms with Crippen LogP contribution in [0.3, 0.4) is 0 Å². The summed E-state index contributed by atoms with van der Waals surface area (Å²) in [5, 5.41) is 15.3. The first-order valence-corrected chi connectivity index (χ1v) is 15.5. The fourth-order valence-corrected chi connectivity index (χ4v) is 6.49. The number of para-hydroxylation sites is 1. The lowest BCUT2D eigenvalue weighted by Crippen LogP contribution is -2.57. The van der Waals surface area contributed by atoms with Crippen molar-refractivity contribution in [3.63, 3.8) is 0 Å². The summed E-state index contributed by atoms with van der Waals surface area (Å²) in [6.45, 7) is 8.94. The lowest BCUT2D eigenvalue weighted by Gasteiger charge is -2.45. The van der Waals surface area contributed by atoms with Crippen LogP contribution in [0.1, 0.15) is 33.6 Å². The topological polar surface area (TPSA) is 135 Å². The quantitative estimate of drug-likeness (QED) is 0.192. The second-order valence-electron chi connectivity index (χ2n) is 12.1. The van der Waals surface area contributed by atoms with E-state index in [1.807, 2.05) is 32.0 Å². The Balaban J connectivity index is 1.27. The van der Waals surface area contributed by atoms with Gasteiger partial charge in [-0.25, -0.2) is 19.0 Å². The highest BCUT2D eigenvalue weighted by atomic mass is 19.1. The van der Waals surface area contributed by atoms with Crippen molar-refractivity contribution in [2.24, 2.45) is 0 Å². The molecule has 1 amide bonds. The highest BCUT2D eigenvalue weighted by molar-refractivity contribution is 5.99. The summed E-state index contributed by atoms with van der Waals surface area (Å²) < 4.78 is 28.4. The molecule has 4 aromatic rings. The number of rotatable bonds is 10. The predicted molar refractivity (Wildman–Crippen MR) is 171 cm³/mol. The molecule has 1 atom stereocenters. The van der Waals surface area contributed by atoms with Crippen LogP contribution in [0.4, 0.5) is 10.2 Å². The molecule has 0 bridgehead atoms. The zero-order chi connectivity index (χ0) is 32.4. The number of nitriles is 1. The van der Waals surface area contributed by atoms with Crippen molar-refractivity contribution in [1.82, 2.24) is 29.5 Å². The van der Waals surface area contributed by atoms with Gasteiger partial charge < -0.3 is 20.1 Å². The lowest BCUT2D eigenvalue weighted by molar-refractivity contribution is -0.127. The molecule has 4 heterocycles. The van der Waals surface area contributed by atoms with Crippen LogP contribution in [0, 0.1) is 17.1 Å². The van der Waals surface area contributed by atoms with Crippen molar-refractivity contribution in [3.05, 3.63) is 72.3 Å². The van der Waals surface area contributed by atoms with Crippen LogP contribution in [-0.4, -0.2) is 79.4 Å². The number of benzene rings is 2. The SMILES string of the molecule is CCN(C1COC1)C(C)(C)C=C(C#N)C(=O)N1CCC[C@@H]1Cn1nc(-c2ccc(Oc3ccccc3)cc2F)c2c(N)ncnc21. The van der Waals surface area contributed by atoms with Gasteiger partial charge in [-0.1, -0.05) is 25.1 Å². The van der Waals surface area contributed by atoms with Gasteiger partial charge in [0.05, 0.1) is 37.2 Å². The average Bonchev–Trinajstić information content (AvgIpc) is 3.63. The number of hydrogen-bond donors (Lipinski definition) is 1. The smallest absolute Gasteiger partial charge is 0.264 e. The second-order valence-corrected chi connectivity index (χ2v) is 12.1. The molecule has 2 aliphatic heterocycles. The zero-order valence-electron chi connectivity index (χ0n) is 26.2. The highest BCUT2D eigenvalue weighted by Crippen LogP contribution is 2.35. The maximum absolute atomic E-state index is 15.6. The number of carbonyl (C=O) groups excluding carboxylic acids is 1. The van der Waals surface area contributed by atoms with E-state index in [-0.39, 0.29) is 41.5 Å². The number of amides is 1. The van der Waals surface area contributed by atoms with Gasteiger partial charge in [0.1, 0.15) is 46.8 Å². The number of nitrogens with zero attached hydrogens (tertiary/aromatic N) is 7. The van der Waals surface area contributed by atoms with E-state index >= 15 is 4.39 Å². The fourth-order valence-electron chi connectivity index (χ4n) is 6.49. The number of aromatic nitrogens is 4. The number of likely N-dealkylation sites (tertiary alicyclic amines) is 1. The van der Waals surface area contributed by atoms with Crippen LogP contribution in [0.2, 0.25) is 0 Å². The predicted octanol–water partition coefficient (Wildman–Crippen LogP) is 4.95. The van der Waals surface area contributed by atoms with E-state index in [0.29, 0.717) is 54.4 Å². The molecular weight excluding hydrogens is 587 g/mol. The maximum atomic E-state index is 15.6. The molecule has 2 aromatic carbocycles. The van der Waals surface area contributed by atoms with Crippen molar-refractivity contribution < 1.29 is 18.7 Å². The van der Waals surface area contributed by atoms with Gasteiger partial charge in [0.2, 0.25) is 0 Å². The summed E-state index contributed by atoms with van der Waals surface area (Å²) in [6.07, 6.45) is 4.61. The monoisotopic (exact) mass is 624 g/mol. The number of hydrogen-bond acceptors (Lipinski definition) is 9. The minimum absolute atomic E-state index is 0.105. The molecule has 0 saturated carbocycles. The molecule has 6 rings (SSSR count). The Morgan fingerprint density at radius 1 is 1.22 bits per heavy atom. The maximum Gasteiger partial charge on any atom is 0.264 e. The van der Waals surface area contributed by atoms with Gasteiger partial charge in [-0.15, -0.1) is 0 Å². The number of halogens is 1. The molecule has 0 unspecified atom stereocenters. The number of nitrogens with two attached hydrogens (primary N) is 1. The van der Waals surface area contributed by atoms with Crippen LogP contribution in [0.25, 0.3) is 22.3 Å². The Labute approximate surface area is 267 Å². The van der Waals surface area contributed by atoms with Crippen molar-refractivity contribution in [3.8, 4) is 28.8 Å². The van der Waals surface area contributed by atoms with Crippen LogP contribution in [-0.2, 0) is 16.1 Å². The molecule has 2 saturated heterocycles. The zero-order valence-corrected chi connectivity index (χ0v) is 26.2. The van der Waals surface area contributed by atoms with E-state index in [4.69, 9.17) is 20.3 Å². The standard InChI is InChI=1S/C34H37FN8O3/c1-4-42(24-19-45-20-24)34(2,3)16-22(17-36)33(44)41-14-8-9-23(41)18-43-32-29(31(37)38-21-39-32)30(40-43)27-13-12-26(15-28(27)35)46-25-10-6-5-7-11-25/h5-7,10-13,15-16,21,23-24H,4,8-9,14,18-20H2,1-3H3,(H2,37,38,39)/t23-/m1/s1. The lowest BCUT2D eigenvalue weighted by atomic mass is 9.95. The second kappa shape index (κ2) is 12.9. The molecule has 0 spiro atoms. The van der Waals surface area contributed by atoms with E-state index < -0.39 is 11.4 Å². The number of anilines is 1. The molecule has 0 aliphatic carbocycles. The van der Waals surface area contributed by atoms with E-state index in [1.54, 1.807) is 39.9 Å². The van der Waals surface area contributed by atoms with Crippen LogP contribution in [0.5, 0.6) is 11.5 Å². The largest absolute Gasteiger partial charge is 0.457 e. The molecule has 238 valence electrons. The van der Waals surface area contributed by atoms with E-state index in [9.17, 15) is 10.1 Å². The first kappa shape index (κ1) is 31.1. The Bertz CT molecular complexity index is 1810. The summed E-state index contributed by atoms with van der Waals surface area (Å²) in [5.74, 6) is 0.245. The third-order valence-electron chi connectivity index (χ3n) is 8.75. The van der Waals surface area contributed by atoms with Gasteiger partial charge in [-0.3, -0.25) is 9.69 Å². The number of likely N-dealkylation sites (N-methyl/N-ethyl adjacent to an activating group) is 1. The van der Waals surface area contributed by atoms with Crippen LogP contribution in [0.15, 0.2) is 66.5 Å². The average molecular weight is 625 g/mol. The van der Waals surface area contributed by atoms with Gasteiger partial charge in [0.15, 0.2) is 5.65 Å². The van der Waals surface area contributed by atoms with Crippen LogP contribution >= 0.6 is 0 Å². The minimum Gasteiger partial charge on any atom is -0.457 e. The molecule has 12 heteroatoms. The highest BCUT2D eigenvalue weighted by Gasteiger charge is 2.37. The van der Waals surface area contributed by atoms with E-state index in [0.717, 1.165) is 13.0 Å². The third kappa shape index (κ3) is 6.03. The number of nitrogen functional groups attached to an aromatic ring is 1. The van der Waals surface area contributed by atoms with Gasteiger partial charge >= 0.3 is 0 Å². The van der Waals surface area contributed by atoms with Gasteiger partial charge in [-0.2, -0.15) is 10.4 Å². The summed E-state index contributed by atoms with van der Waals surface area (Å²) in [5.41, 5.74) is 6.83. The van der Waals surface area contributed by atoms with Crippen molar-refractivity contribution >= 4 is 22.8 Å². The summed E-state index contributed by atoms with van der Waals surface area (Å²) >= 11 is 0. The molecular formula is C34H37FN8O3. The number of fused-ring (bicyclic) bond motifs is 1. The first-order valence-electron chi connectivity index (χ1n) is 15.5. The normalized spacial score (nSPS) is 17.3. The molecule has 11 nitrogen and oxygen atoms in total. The van der Waals surface area contributed by atoms with Gasteiger partial charge in [0, 0.05) is 23.7 Å². The van der Waals surface area contributed by atoms with Crippen molar-refractivity contribution in [2.75, 3.05) is 32.0 Å². The molecule has 2 aliphatic rings. The van der Waals surface area contributed by atoms with E-state index in [1.165, 1.54) is 12.4 Å². The molecule has 0 radical (unpaired) electrons. The summed E-state index contributed by atoms with van der Waals surface area (Å²) in [7, 11) is 0. The minimum atomic E-state index is -0.540. The Kier molecular flexibility index (Phi) is 8.71. The fraction of sp³-hybridized carbons (Fsp3) is 0.382. The molecule has 2 fully saturated rings. The summed E-state index contributed by atoms with van der Waals surface area (Å²) in [6, 6.07) is 15.9. The molecule has 2 N–H and O–H groups in total. The van der Waals surface area contributed by atoms with Gasteiger partial charge in [0.25, 0.3) is 5.91 Å². The third-order valence-corrected chi connectivity index (χ3v) is 8.75. The molecule has 2 aromatic heterocycles. The Morgan fingerprint density at radius 3 is 2.67 bits per heavy atom. The van der Waals surface area contributed by atoms with Crippen molar-refractivity contribution in [1.29, 1.82) is 5.26 Å². The molecule has 46 heavy (non-hydrogen) atoms. The van der Waals surface area contributed by atoms with E-state index in [2.05, 4.69) is 27.9 Å². The number of carbonyl (C=O) groups is 1. The Hall–Kier alpha value is -4.86. The first-order chi connectivity index (χ1) is 22.2. The number of ether oxygens (including phenoxy) is 2.